The molecule has 1 aliphatic rings. The first kappa shape index (κ1) is 16.8. The standard InChI is InChI=1S/C20H18ClN3O2/c1-12-3-8-17(13(2)9-12)24-11-15(10-18(24)25)20-22-19(23-26-20)14-4-6-16(21)7-5-14/h3-9,15H,10-11H2,1-2H3. The van der Waals surface area contributed by atoms with E-state index in [0.717, 1.165) is 16.8 Å². The van der Waals surface area contributed by atoms with Crippen LogP contribution < -0.4 is 4.90 Å². The van der Waals surface area contributed by atoms with Gasteiger partial charge in [-0.2, -0.15) is 4.98 Å². The summed E-state index contributed by atoms with van der Waals surface area (Å²) >= 11 is 5.91. The predicted octanol–water partition coefficient (Wildman–Crippen LogP) is 4.53. The van der Waals surface area contributed by atoms with Crippen LogP contribution in [-0.4, -0.2) is 22.6 Å². The van der Waals surface area contributed by atoms with E-state index in [1.807, 2.05) is 43.0 Å². The maximum atomic E-state index is 12.5. The monoisotopic (exact) mass is 367 g/mol. The molecule has 132 valence electrons. The number of benzene rings is 2. The zero-order chi connectivity index (χ0) is 18.3. The fourth-order valence-electron chi connectivity index (χ4n) is 3.33. The van der Waals surface area contributed by atoms with Crippen LogP contribution in [0, 0.1) is 13.8 Å². The van der Waals surface area contributed by atoms with E-state index in [9.17, 15) is 4.79 Å². The maximum absolute atomic E-state index is 12.5. The molecule has 4 rings (SSSR count). The summed E-state index contributed by atoms with van der Waals surface area (Å²) in [5.74, 6) is 0.981. The Balaban J connectivity index is 1.56. The Bertz CT molecular complexity index is 965. The highest BCUT2D eigenvalue weighted by Crippen LogP contribution is 2.33. The fraction of sp³-hybridized carbons (Fsp3) is 0.250. The Labute approximate surface area is 156 Å². The smallest absolute Gasteiger partial charge is 0.232 e. The third kappa shape index (κ3) is 3.10. The van der Waals surface area contributed by atoms with E-state index in [1.54, 1.807) is 12.1 Å². The van der Waals surface area contributed by atoms with Crippen LogP contribution >= 0.6 is 11.6 Å². The summed E-state index contributed by atoms with van der Waals surface area (Å²) in [5, 5.41) is 4.71. The van der Waals surface area contributed by atoms with Crippen molar-refractivity contribution in [3.05, 3.63) is 64.5 Å². The number of anilines is 1. The highest BCUT2D eigenvalue weighted by molar-refractivity contribution is 6.30. The summed E-state index contributed by atoms with van der Waals surface area (Å²) in [6.07, 6.45) is 0.371. The minimum atomic E-state index is -0.100. The van der Waals surface area contributed by atoms with Gasteiger partial charge in [-0.3, -0.25) is 4.79 Å². The molecule has 1 fully saturated rings. The number of carbonyl (C=O) groups is 1. The molecule has 1 unspecified atom stereocenters. The Morgan fingerprint density at radius 1 is 1.15 bits per heavy atom. The van der Waals surface area contributed by atoms with Crippen LogP contribution in [0.4, 0.5) is 5.69 Å². The van der Waals surface area contributed by atoms with E-state index in [0.29, 0.717) is 29.7 Å². The van der Waals surface area contributed by atoms with Crippen LogP contribution in [0.3, 0.4) is 0 Å². The van der Waals surface area contributed by atoms with Crippen LogP contribution in [0.5, 0.6) is 0 Å². The number of aromatic nitrogens is 2. The minimum Gasteiger partial charge on any atom is -0.339 e. The van der Waals surface area contributed by atoms with E-state index in [1.165, 1.54) is 5.56 Å². The molecule has 1 atom stereocenters. The van der Waals surface area contributed by atoms with Gasteiger partial charge in [-0.1, -0.05) is 34.5 Å². The molecule has 5 nitrogen and oxygen atoms in total. The molecule has 0 saturated carbocycles. The van der Waals surface area contributed by atoms with Crippen molar-refractivity contribution in [2.24, 2.45) is 0 Å². The quantitative estimate of drug-likeness (QED) is 0.682. The summed E-state index contributed by atoms with van der Waals surface area (Å²) < 4.78 is 5.44. The van der Waals surface area contributed by atoms with Gasteiger partial charge in [-0.15, -0.1) is 0 Å². The summed E-state index contributed by atoms with van der Waals surface area (Å²) in [6.45, 7) is 4.61. The maximum Gasteiger partial charge on any atom is 0.232 e. The lowest BCUT2D eigenvalue weighted by atomic mass is 10.1. The van der Waals surface area contributed by atoms with Gasteiger partial charge >= 0.3 is 0 Å². The van der Waals surface area contributed by atoms with E-state index < -0.39 is 0 Å². The van der Waals surface area contributed by atoms with Crippen molar-refractivity contribution in [3.8, 4) is 11.4 Å². The summed E-state index contributed by atoms with van der Waals surface area (Å²) in [5.41, 5.74) is 4.05. The van der Waals surface area contributed by atoms with Gasteiger partial charge < -0.3 is 9.42 Å². The number of rotatable bonds is 3. The third-order valence-corrected chi connectivity index (χ3v) is 4.91. The first-order valence-electron chi connectivity index (χ1n) is 8.48. The van der Waals surface area contributed by atoms with Gasteiger partial charge in [0.2, 0.25) is 17.6 Å². The van der Waals surface area contributed by atoms with Gasteiger partial charge in [0.15, 0.2) is 0 Å². The molecule has 2 aromatic carbocycles. The molecule has 1 aliphatic heterocycles. The van der Waals surface area contributed by atoms with Gasteiger partial charge in [0.05, 0.1) is 5.92 Å². The molecule has 0 aliphatic carbocycles. The second kappa shape index (κ2) is 6.57. The molecule has 3 aromatic rings. The number of amides is 1. The Kier molecular flexibility index (Phi) is 4.24. The zero-order valence-electron chi connectivity index (χ0n) is 14.6. The molecular weight excluding hydrogens is 350 g/mol. The Morgan fingerprint density at radius 2 is 1.92 bits per heavy atom. The molecule has 0 spiro atoms. The predicted molar refractivity (Wildman–Crippen MR) is 100 cm³/mol. The first-order chi connectivity index (χ1) is 12.5. The average Bonchev–Trinajstić information content (AvgIpc) is 3.23. The first-order valence-corrected chi connectivity index (χ1v) is 8.86. The largest absolute Gasteiger partial charge is 0.339 e. The van der Waals surface area contributed by atoms with E-state index in [4.69, 9.17) is 16.1 Å². The Morgan fingerprint density at radius 3 is 2.65 bits per heavy atom. The van der Waals surface area contributed by atoms with Crippen molar-refractivity contribution in [2.45, 2.75) is 26.2 Å². The number of hydrogen-bond donors (Lipinski definition) is 0. The van der Waals surface area contributed by atoms with Crippen LogP contribution in [0.25, 0.3) is 11.4 Å². The molecule has 0 N–H and O–H groups in total. The zero-order valence-corrected chi connectivity index (χ0v) is 15.3. The van der Waals surface area contributed by atoms with Gasteiger partial charge in [0.1, 0.15) is 0 Å². The molecule has 0 bridgehead atoms. The second-order valence-electron chi connectivity index (χ2n) is 6.66. The van der Waals surface area contributed by atoms with Gasteiger partial charge in [0, 0.05) is 29.2 Å². The molecule has 1 amide bonds. The average molecular weight is 368 g/mol. The van der Waals surface area contributed by atoms with Crippen molar-refractivity contribution >= 4 is 23.2 Å². The number of hydrogen-bond acceptors (Lipinski definition) is 4. The van der Waals surface area contributed by atoms with Crippen LogP contribution in [0.1, 0.15) is 29.4 Å². The SMILES string of the molecule is Cc1ccc(N2CC(c3nc(-c4ccc(Cl)cc4)no3)CC2=O)c(C)c1. The third-order valence-electron chi connectivity index (χ3n) is 4.66. The number of carbonyl (C=O) groups excluding carboxylic acids is 1. The van der Waals surface area contributed by atoms with Gasteiger partial charge in [-0.05, 0) is 49.7 Å². The highest BCUT2D eigenvalue weighted by atomic mass is 35.5. The lowest BCUT2D eigenvalue weighted by molar-refractivity contribution is -0.117. The van der Waals surface area contributed by atoms with E-state index in [-0.39, 0.29) is 11.8 Å². The van der Waals surface area contributed by atoms with Gasteiger partial charge in [0.25, 0.3) is 0 Å². The number of aryl methyl sites for hydroxylation is 2. The fourth-order valence-corrected chi connectivity index (χ4v) is 3.46. The molecule has 1 aromatic heterocycles. The number of halogens is 1. The number of nitrogens with zero attached hydrogens (tertiary/aromatic N) is 3. The van der Waals surface area contributed by atoms with Crippen molar-refractivity contribution in [1.82, 2.24) is 10.1 Å². The minimum absolute atomic E-state index is 0.0770. The van der Waals surface area contributed by atoms with E-state index in [2.05, 4.69) is 16.2 Å². The normalized spacial score (nSPS) is 17.1. The highest BCUT2D eigenvalue weighted by Gasteiger charge is 2.35. The van der Waals surface area contributed by atoms with Crippen molar-refractivity contribution in [3.63, 3.8) is 0 Å². The lowest BCUT2D eigenvalue weighted by Crippen LogP contribution is -2.25. The van der Waals surface area contributed by atoms with E-state index >= 15 is 0 Å². The van der Waals surface area contributed by atoms with Crippen LogP contribution in [-0.2, 0) is 4.79 Å². The molecule has 2 heterocycles. The second-order valence-corrected chi connectivity index (χ2v) is 7.09. The van der Waals surface area contributed by atoms with Crippen LogP contribution in [0.15, 0.2) is 47.0 Å². The Hall–Kier alpha value is -2.66. The molecule has 6 heteroatoms. The van der Waals surface area contributed by atoms with Crippen molar-refractivity contribution in [1.29, 1.82) is 0 Å². The summed E-state index contributed by atoms with van der Waals surface area (Å²) in [6, 6.07) is 13.4. The van der Waals surface area contributed by atoms with Crippen LogP contribution in [0.2, 0.25) is 5.02 Å². The molecule has 0 radical (unpaired) electrons. The van der Waals surface area contributed by atoms with Crippen molar-refractivity contribution < 1.29 is 9.32 Å². The van der Waals surface area contributed by atoms with Gasteiger partial charge in [-0.25, -0.2) is 0 Å². The molecule has 26 heavy (non-hydrogen) atoms. The van der Waals surface area contributed by atoms with Crippen molar-refractivity contribution in [2.75, 3.05) is 11.4 Å². The summed E-state index contributed by atoms with van der Waals surface area (Å²) in [7, 11) is 0. The summed E-state index contributed by atoms with van der Waals surface area (Å²) in [4.78, 5) is 18.8. The lowest BCUT2D eigenvalue weighted by Gasteiger charge is -2.19. The molecular formula is C20H18ClN3O2. The topological polar surface area (TPSA) is 59.2 Å². The molecule has 1 saturated heterocycles.